The summed E-state index contributed by atoms with van der Waals surface area (Å²) in [6.07, 6.45) is 1.61. The largest absolute Gasteiger partial charge is 0.370 e. The van der Waals surface area contributed by atoms with Crippen molar-refractivity contribution in [2.75, 3.05) is 17.2 Å². The monoisotopic (exact) mass is 351 g/mol. The Morgan fingerprint density at radius 1 is 1.33 bits per heavy atom. The number of aromatic nitrogens is 1. The van der Waals surface area contributed by atoms with E-state index in [1.807, 2.05) is 6.92 Å². The van der Waals surface area contributed by atoms with Gasteiger partial charge in [-0.15, -0.1) is 0 Å². The topological polar surface area (TPSA) is 54.0 Å². The highest BCUT2D eigenvalue weighted by Gasteiger charge is 2.14. The molecule has 1 aromatic heterocycles. The molecule has 0 saturated carbocycles. The van der Waals surface area contributed by atoms with E-state index in [1.165, 1.54) is 12.1 Å². The van der Waals surface area contributed by atoms with Crippen molar-refractivity contribution in [1.82, 2.24) is 4.98 Å². The predicted octanol–water partition coefficient (Wildman–Crippen LogP) is 3.98. The minimum Gasteiger partial charge on any atom is -0.370 e. The van der Waals surface area contributed by atoms with Crippen molar-refractivity contribution in [2.24, 2.45) is 0 Å². The van der Waals surface area contributed by atoms with Crippen molar-refractivity contribution < 1.29 is 9.18 Å². The lowest BCUT2D eigenvalue weighted by Crippen LogP contribution is -2.16. The van der Waals surface area contributed by atoms with Crippen molar-refractivity contribution in [3.8, 4) is 0 Å². The van der Waals surface area contributed by atoms with E-state index in [9.17, 15) is 9.18 Å². The van der Waals surface area contributed by atoms with Crippen LogP contribution in [0.5, 0.6) is 0 Å². The van der Waals surface area contributed by atoms with Crippen LogP contribution in [-0.2, 0) is 0 Å². The number of nitrogens with one attached hydrogen (secondary N) is 2. The molecule has 2 aromatic rings. The van der Waals surface area contributed by atoms with Crippen molar-refractivity contribution >= 4 is 33.3 Å². The van der Waals surface area contributed by atoms with Gasteiger partial charge in [0.1, 0.15) is 11.6 Å². The lowest BCUT2D eigenvalue weighted by Gasteiger charge is -2.11. The van der Waals surface area contributed by atoms with Gasteiger partial charge in [0.2, 0.25) is 0 Å². The molecule has 0 aliphatic rings. The third-order valence-corrected chi connectivity index (χ3v) is 3.18. The molecular formula is C15H15BrFN3O. The number of hydrogen-bond donors (Lipinski definition) is 2. The molecule has 4 nitrogen and oxygen atoms in total. The van der Waals surface area contributed by atoms with Crippen molar-refractivity contribution in [3.63, 3.8) is 0 Å². The summed E-state index contributed by atoms with van der Waals surface area (Å²) in [4.78, 5) is 16.5. The molecular weight excluding hydrogens is 337 g/mol. The van der Waals surface area contributed by atoms with Crippen molar-refractivity contribution in [3.05, 3.63) is 51.9 Å². The van der Waals surface area contributed by atoms with Gasteiger partial charge < -0.3 is 10.6 Å². The van der Waals surface area contributed by atoms with E-state index in [1.54, 1.807) is 25.3 Å². The van der Waals surface area contributed by atoms with E-state index in [4.69, 9.17) is 0 Å². The Hall–Kier alpha value is -1.95. The highest BCUT2D eigenvalue weighted by molar-refractivity contribution is 9.10. The van der Waals surface area contributed by atoms with Crippen molar-refractivity contribution in [1.29, 1.82) is 0 Å². The van der Waals surface area contributed by atoms with E-state index in [0.717, 1.165) is 5.56 Å². The average Bonchev–Trinajstić information content (AvgIpc) is 2.39. The number of carbonyl (C=O) groups is 1. The maximum Gasteiger partial charge on any atom is 0.259 e. The third-order valence-electron chi connectivity index (χ3n) is 2.74. The Balaban J connectivity index is 2.29. The molecule has 110 valence electrons. The summed E-state index contributed by atoms with van der Waals surface area (Å²) in [5.74, 6) is -0.236. The van der Waals surface area contributed by atoms with Crippen LogP contribution in [0.15, 0.2) is 34.9 Å². The van der Waals surface area contributed by atoms with Crippen LogP contribution in [0, 0.1) is 12.7 Å². The second kappa shape index (κ2) is 6.67. The zero-order valence-corrected chi connectivity index (χ0v) is 13.3. The van der Waals surface area contributed by atoms with E-state index in [-0.39, 0.29) is 11.7 Å². The quantitative estimate of drug-likeness (QED) is 0.875. The van der Waals surface area contributed by atoms with Gasteiger partial charge in [0.25, 0.3) is 5.91 Å². The fraction of sp³-hybridized carbons (Fsp3) is 0.200. The molecule has 0 atom stereocenters. The number of halogens is 2. The Morgan fingerprint density at radius 2 is 2.10 bits per heavy atom. The normalized spacial score (nSPS) is 10.3. The molecule has 0 saturated heterocycles. The highest BCUT2D eigenvalue weighted by Crippen LogP contribution is 2.20. The SMILES string of the molecule is CCNc1ncc(Br)cc1C(=O)Nc1cc(C)cc(F)c1. The number of hydrogen-bond acceptors (Lipinski definition) is 3. The summed E-state index contributed by atoms with van der Waals surface area (Å²) < 4.78 is 14.1. The van der Waals surface area contributed by atoms with E-state index < -0.39 is 0 Å². The number of pyridine rings is 1. The minimum atomic E-state index is -0.385. The zero-order valence-electron chi connectivity index (χ0n) is 11.7. The smallest absolute Gasteiger partial charge is 0.259 e. The molecule has 2 rings (SSSR count). The van der Waals surface area contributed by atoms with Gasteiger partial charge >= 0.3 is 0 Å². The fourth-order valence-electron chi connectivity index (χ4n) is 1.93. The number of amides is 1. The number of benzene rings is 1. The molecule has 1 aromatic carbocycles. The lowest BCUT2D eigenvalue weighted by molar-refractivity contribution is 0.102. The maximum absolute atomic E-state index is 13.4. The first-order valence-corrected chi connectivity index (χ1v) is 7.27. The van der Waals surface area contributed by atoms with Gasteiger partial charge in [0.05, 0.1) is 5.56 Å². The predicted molar refractivity (Wildman–Crippen MR) is 85.2 cm³/mol. The Kier molecular flexibility index (Phi) is 4.90. The summed E-state index contributed by atoms with van der Waals surface area (Å²) in [6.45, 7) is 4.33. The van der Waals surface area contributed by atoms with Gasteiger partial charge in [-0.3, -0.25) is 4.79 Å². The van der Waals surface area contributed by atoms with Gasteiger partial charge in [-0.25, -0.2) is 9.37 Å². The standard InChI is InChI=1S/C15H15BrFN3O/c1-3-18-14-13(6-10(16)8-19-14)15(21)20-12-5-9(2)4-11(17)7-12/h4-8H,3H2,1-2H3,(H,18,19)(H,20,21). The molecule has 1 amide bonds. The van der Waals surface area contributed by atoms with Gasteiger partial charge in [-0.05, 0) is 59.6 Å². The second-order valence-corrected chi connectivity index (χ2v) is 5.47. The van der Waals surface area contributed by atoms with E-state index in [0.29, 0.717) is 28.1 Å². The molecule has 6 heteroatoms. The van der Waals surface area contributed by atoms with Crippen molar-refractivity contribution in [2.45, 2.75) is 13.8 Å². The summed E-state index contributed by atoms with van der Waals surface area (Å²) in [5.41, 5.74) is 1.55. The summed E-state index contributed by atoms with van der Waals surface area (Å²) >= 11 is 3.29. The van der Waals surface area contributed by atoms with Crippen LogP contribution in [0.2, 0.25) is 0 Å². The molecule has 1 heterocycles. The first-order chi connectivity index (χ1) is 9.99. The van der Waals surface area contributed by atoms with Crippen LogP contribution in [0.3, 0.4) is 0 Å². The second-order valence-electron chi connectivity index (χ2n) is 4.55. The summed E-state index contributed by atoms with van der Waals surface area (Å²) in [6, 6.07) is 6.06. The molecule has 0 bridgehead atoms. The van der Waals surface area contributed by atoms with Gasteiger partial charge in [-0.2, -0.15) is 0 Å². The summed E-state index contributed by atoms with van der Waals surface area (Å²) in [5, 5.41) is 5.71. The molecule has 0 aliphatic carbocycles. The third kappa shape index (κ3) is 4.01. The molecule has 0 spiro atoms. The minimum absolute atomic E-state index is 0.343. The van der Waals surface area contributed by atoms with Gasteiger partial charge in [0, 0.05) is 22.9 Å². The average molecular weight is 352 g/mol. The number of anilines is 2. The Bertz CT molecular complexity index is 656. The Morgan fingerprint density at radius 3 is 2.76 bits per heavy atom. The van der Waals surface area contributed by atoms with Crippen LogP contribution < -0.4 is 10.6 Å². The zero-order chi connectivity index (χ0) is 15.4. The van der Waals surface area contributed by atoms with E-state index >= 15 is 0 Å². The highest BCUT2D eigenvalue weighted by atomic mass is 79.9. The number of aryl methyl sites for hydroxylation is 1. The van der Waals surface area contributed by atoms with E-state index in [2.05, 4.69) is 31.5 Å². The first-order valence-electron chi connectivity index (χ1n) is 6.47. The molecule has 0 radical (unpaired) electrons. The van der Waals surface area contributed by atoms with Crippen LogP contribution >= 0.6 is 15.9 Å². The number of rotatable bonds is 4. The number of nitrogens with zero attached hydrogens (tertiary/aromatic N) is 1. The first kappa shape index (κ1) is 15.4. The maximum atomic E-state index is 13.4. The lowest BCUT2D eigenvalue weighted by atomic mass is 10.2. The summed E-state index contributed by atoms with van der Waals surface area (Å²) in [7, 11) is 0. The number of carbonyl (C=O) groups excluding carboxylic acids is 1. The molecule has 21 heavy (non-hydrogen) atoms. The Labute approximate surface area is 130 Å². The van der Waals surface area contributed by atoms with Crippen LogP contribution in [0.25, 0.3) is 0 Å². The van der Waals surface area contributed by atoms with Gasteiger partial charge in [-0.1, -0.05) is 0 Å². The molecule has 0 unspecified atom stereocenters. The molecule has 2 N–H and O–H groups in total. The van der Waals surface area contributed by atoms with Gasteiger partial charge in [0.15, 0.2) is 0 Å². The van der Waals surface area contributed by atoms with Crippen LogP contribution in [-0.4, -0.2) is 17.4 Å². The fourth-order valence-corrected chi connectivity index (χ4v) is 2.26. The molecule has 0 fully saturated rings. The van der Waals surface area contributed by atoms with Crippen LogP contribution in [0.1, 0.15) is 22.8 Å². The molecule has 0 aliphatic heterocycles. The van der Waals surface area contributed by atoms with Crippen LogP contribution in [0.4, 0.5) is 15.9 Å².